The second kappa shape index (κ2) is 5.74. The molecule has 102 valence electrons. The third-order valence-corrected chi connectivity index (χ3v) is 3.94. The smallest absolute Gasteiger partial charge is 0.131 e. The SMILES string of the molecule is CCc1nn(C)c(COc2ccc(C)c(F)c2)c1Br. The average Bonchev–Trinajstić information content (AvgIpc) is 2.66. The fourth-order valence-corrected chi connectivity index (χ4v) is 2.52. The predicted octanol–water partition coefficient (Wildman–Crippen LogP) is 3.77. The van der Waals surface area contributed by atoms with Crippen LogP contribution in [0.5, 0.6) is 5.75 Å². The number of hydrogen-bond donors (Lipinski definition) is 0. The summed E-state index contributed by atoms with van der Waals surface area (Å²) in [5, 5.41) is 4.39. The molecule has 0 atom stereocenters. The van der Waals surface area contributed by atoms with E-state index < -0.39 is 0 Å². The van der Waals surface area contributed by atoms with Crippen LogP contribution in [-0.4, -0.2) is 9.78 Å². The number of ether oxygens (including phenoxy) is 1. The number of hydrogen-bond acceptors (Lipinski definition) is 2. The molecule has 0 saturated heterocycles. The first-order valence-corrected chi connectivity index (χ1v) is 6.91. The monoisotopic (exact) mass is 326 g/mol. The van der Waals surface area contributed by atoms with Gasteiger partial charge in [-0.1, -0.05) is 13.0 Å². The molecule has 2 aromatic rings. The summed E-state index contributed by atoms with van der Waals surface area (Å²) in [6.45, 7) is 4.13. The summed E-state index contributed by atoms with van der Waals surface area (Å²) >= 11 is 3.52. The Morgan fingerprint density at radius 2 is 2.16 bits per heavy atom. The standard InChI is InChI=1S/C14H16BrFN2O/c1-4-12-14(15)13(18(3)17-12)8-19-10-6-5-9(2)11(16)7-10/h5-7H,4,8H2,1-3H3. The molecule has 0 aliphatic rings. The molecular weight excluding hydrogens is 311 g/mol. The molecule has 0 saturated carbocycles. The van der Waals surface area contributed by atoms with Crippen molar-refractivity contribution < 1.29 is 9.13 Å². The number of rotatable bonds is 4. The molecule has 0 fully saturated rings. The molecule has 0 N–H and O–H groups in total. The highest BCUT2D eigenvalue weighted by molar-refractivity contribution is 9.10. The van der Waals surface area contributed by atoms with Gasteiger partial charge in [-0.05, 0) is 40.9 Å². The largest absolute Gasteiger partial charge is 0.487 e. The lowest BCUT2D eigenvalue weighted by molar-refractivity contribution is 0.292. The molecule has 0 aliphatic carbocycles. The fourth-order valence-electron chi connectivity index (χ4n) is 1.79. The van der Waals surface area contributed by atoms with Crippen LogP contribution >= 0.6 is 15.9 Å². The third-order valence-electron chi connectivity index (χ3n) is 3.02. The number of halogens is 2. The topological polar surface area (TPSA) is 27.1 Å². The highest BCUT2D eigenvalue weighted by Gasteiger charge is 2.13. The zero-order chi connectivity index (χ0) is 14.0. The summed E-state index contributed by atoms with van der Waals surface area (Å²) < 4.78 is 21.8. The van der Waals surface area contributed by atoms with Crippen LogP contribution in [0.4, 0.5) is 4.39 Å². The Hall–Kier alpha value is -1.36. The Kier molecular flexibility index (Phi) is 4.24. The van der Waals surface area contributed by atoms with Crippen LogP contribution in [0.15, 0.2) is 22.7 Å². The van der Waals surface area contributed by atoms with Gasteiger partial charge in [0.25, 0.3) is 0 Å². The number of benzene rings is 1. The van der Waals surface area contributed by atoms with E-state index in [-0.39, 0.29) is 5.82 Å². The lowest BCUT2D eigenvalue weighted by Crippen LogP contribution is -2.04. The first kappa shape index (κ1) is 14.1. The van der Waals surface area contributed by atoms with Crippen LogP contribution in [0.3, 0.4) is 0 Å². The van der Waals surface area contributed by atoms with Crippen molar-refractivity contribution in [2.45, 2.75) is 26.9 Å². The van der Waals surface area contributed by atoms with Crippen LogP contribution in [0.25, 0.3) is 0 Å². The van der Waals surface area contributed by atoms with Crippen LogP contribution < -0.4 is 4.74 Å². The van der Waals surface area contributed by atoms with E-state index in [1.165, 1.54) is 6.07 Å². The van der Waals surface area contributed by atoms with Gasteiger partial charge >= 0.3 is 0 Å². The minimum atomic E-state index is -0.254. The van der Waals surface area contributed by atoms with Crippen molar-refractivity contribution >= 4 is 15.9 Å². The summed E-state index contributed by atoms with van der Waals surface area (Å²) in [7, 11) is 1.87. The Labute approximate surface area is 120 Å². The van der Waals surface area contributed by atoms with Crippen LogP contribution in [0.2, 0.25) is 0 Å². The minimum Gasteiger partial charge on any atom is -0.487 e. The minimum absolute atomic E-state index is 0.254. The van der Waals surface area contributed by atoms with E-state index in [0.717, 1.165) is 22.3 Å². The maximum Gasteiger partial charge on any atom is 0.131 e. The van der Waals surface area contributed by atoms with Gasteiger partial charge in [-0.25, -0.2) is 4.39 Å². The highest BCUT2D eigenvalue weighted by Crippen LogP contribution is 2.24. The summed E-state index contributed by atoms with van der Waals surface area (Å²) in [4.78, 5) is 0. The van der Waals surface area contributed by atoms with Crippen molar-refractivity contribution in [3.63, 3.8) is 0 Å². The number of nitrogens with zero attached hydrogens (tertiary/aromatic N) is 2. The van der Waals surface area contributed by atoms with Gasteiger partial charge in [0.1, 0.15) is 18.2 Å². The normalized spacial score (nSPS) is 10.8. The number of aryl methyl sites for hydroxylation is 3. The maximum atomic E-state index is 13.4. The molecule has 3 nitrogen and oxygen atoms in total. The first-order valence-electron chi connectivity index (χ1n) is 6.12. The molecular formula is C14H16BrFN2O. The average molecular weight is 327 g/mol. The zero-order valence-corrected chi connectivity index (χ0v) is 12.8. The molecule has 1 heterocycles. The molecule has 0 unspecified atom stereocenters. The summed E-state index contributed by atoms with van der Waals surface area (Å²) in [6, 6.07) is 4.88. The Morgan fingerprint density at radius 3 is 2.74 bits per heavy atom. The van der Waals surface area contributed by atoms with Gasteiger partial charge in [-0.3, -0.25) is 4.68 Å². The Bertz CT molecular complexity index is 595. The fraction of sp³-hybridized carbons (Fsp3) is 0.357. The Balaban J connectivity index is 2.14. The van der Waals surface area contributed by atoms with Crippen LogP contribution in [-0.2, 0) is 20.1 Å². The van der Waals surface area contributed by atoms with Gasteiger partial charge in [0, 0.05) is 13.1 Å². The van der Waals surface area contributed by atoms with Crippen molar-refractivity contribution in [1.29, 1.82) is 0 Å². The molecule has 0 amide bonds. The molecule has 0 aliphatic heterocycles. The predicted molar refractivity (Wildman–Crippen MR) is 75.8 cm³/mol. The van der Waals surface area contributed by atoms with E-state index in [2.05, 4.69) is 21.0 Å². The van der Waals surface area contributed by atoms with E-state index >= 15 is 0 Å². The van der Waals surface area contributed by atoms with E-state index in [0.29, 0.717) is 17.9 Å². The summed E-state index contributed by atoms with van der Waals surface area (Å²) in [5.41, 5.74) is 2.55. The third kappa shape index (κ3) is 2.97. The quantitative estimate of drug-likeness (QED) is 0.855. The second-order valence-electron chi connectivity index (χ2n) is 4.38. The van der Waals surface area contributed by atoms with Crippen molar-refractivity contribution in [1.82, 2.24) is 9.78 Å². The van der Waals surface area contributed by atoms with E-state index in [4.69, 9.17) is 4.74 Å². The lowest BCUT2D eigenvalue weighted by Gasteiger charge is -2.08. The molecule has 0 bridgehead atoms. The summed E-state index contributed by atoms with van der Waals surface area (Å²) in [6.07, 6.45) is 0.855. The summed E-state index contributed by atoms with van der Waals surface area (Å²) in [5.74, 6) is 0.269. The maximum absolute atomic E-state index is 13.4. The van der Waals surface area contributed by atoms with Gasteiger partial charge in [0.05, 0.1) is 15.9 Å². The lowest BCUT2D eigenvalue weighted by atomic mass is 10.2. The molecule has 5 heteroatoms. The van der Waals surface area contributed by atoms with Crippen molar-refractivity contribution in [3.8, 4) is 5.75 Å². The second-order valence-corrected chi connectivity index (χ2v) is 5.18. The molecule has 2 rings (SSSR count). The van der Waals surface area contributed by atoms with Crippen molar-refractivity contribution in [3.05, 3.63) is 45.4 Å². The van der Waals surface area contributed by atoms with E-state index in [1.807, 2.05) is 14.0 Å². The molecule has 1 aromatic carbocycles. The molecule has 1 aromatic heterocycles. The Morgan fingerprint density at radius 1 is 1.42 bits per heavy atom. The van der Waals surface area contributed by atoms with Gasteiger partial charge in [-0.15, -0.1) is 0 Å². The van der Waals surface area contributed by atoms with Gasteiger partial charge in [-0.2, -0.15) is 5.10 Å². The van der Waals surface area contributed by atoms with Crippen molar-refractivity contribution in [2.24, 2.45) is 7.05 Å². The molecule has 19 heavy (non-hydrogen) atoms. The van der Waals surface area contributed by atoms with E-state index in [1.54, 1.807) is 23.7 Å². The van der Waals surface area contributed by atoms with Crippen LogP contribution in [0, 0.1) is 12.7 Å². The van der Waals surface area contributed by atoms with Crippen molar-refractivity contribution in [2.75, 3.05) is 0 Å². The number of aromatic nitrogens is 2. The first-order chi connectivity index (χ1) is 9.02. The van der Waals surface area contributed by atoms with E-state index in [9.17, 15) is 4.39 Å². The van der Waals surface area contributed by atoms with Crippen LogP contribution in [0.1, 0.15) is 23.9 Å². The highest BCUT2D eigenvalue weighted by atomic mass is 79.9. The molecule has 0 spiro atoms. The van der Waals surface area contributed by atoms with Gasteiger partial charge in [0.2, 0.25) is 0 Å². The van der Waals surface area contributed by atoms with Gasteiger partial charge < -0.3 is 4.74 Å². The van der Waals surface area contributed by atoms with Gasteiger partial charge in [0.15, 0.2) is 0 Å². The zero-order valence-electron chi connectivity index (χ0n) is 11.2. The molecule has 0 radical (unpaired) electrons.